The van der Waals surface area contributed by atoms with Gasteiger partial charge in [-0.25, -0.2) is 9.18 Å². The predicted molar refractivity (Wildman–Crippen MR) is 156 cm³/mol. The van der Waals surface area contributed by atoms with Crippen LogP contribution < -0.4 is 5.32 Å². The fourth-order valence-electron chi connectivity index (χ4n) is 5.91. The summed E-state index contributed by atoms with van der Waals surface area (Å²) in [6.45, 7) is 0.570. The second-order valence-corrected chi connectivity index (χ2v) is 10.5. The number of carbonyl (C=O) groups is 2. The highest BCUT2D eigenvalue weighted by Crippen LogP contribution is 2.44. The average Bonchev–Trinajstić information content (AvgIpc) is 3.30. The van der Waals surface area contributed by atoms with Crippen molar-refractivity contribution in [2.24, 2.45) is 0 Å². The number of halogens is 1. The molecule has 0 radical (unpaired) electrons. The van der Waals surface area contributed by atoms with E-state index < -0.39 is 18.2 Å². The van der Waals surface area contributed by atoms with Crippen LogP contribution in [-0.2, 0) is 16.1 Å². The average molecular weight is 547 g/mol. The molecule has 41 heavy (non-hydrogen) atoms. The molecule has 5 nitrogen and oxygen atoms in total. The minimum Gasteiger partial charge on any atom is -0.449 e. The second-order valence-electron chi connectivity index (χ2n) is 10.5. The molecule has 0 aromatic heterocycles. The van der Waals surface area contributed by atoms with Crippen molar-refractivity contribution in [2.75, 3.05) is 6.61 Å². The third-order valence-electron chi connectivity index (χ3n) is 7.87. The van der Waals surface area contributed by atoms with Gasteiger partial charge in [0, 0.05) is 24.9 Å². The molecule has 1 heterocycles. The van der Waals surface area contributed by atoms with Crippen molar-refractivity contribution in [3.8, 4) is 11.1 Å². The number of hydrogen-bond acceptors (Lipinski definition) is 3. The van der Waals surface area contributed by atoms with Crippen LogP contribution in [0.5, 0.6) is 0 Å². The summed E-state index contributed by atoms with van der Waals surface area (Å²) < 4.78 is 19.9. The topological polar surface area (TPSA) is 58.6 Å². The van der Waals surface area contributed by atoms with Crippen molar-refractivity contribution in [3.63, 3.8) is 0 Å². The molecule has 206 valence electrons. The zero-order chi connectivity index (χ0) is 28.2. The molecule has 2 amide bonds. The van der Waals surface area contributed by atoms with E-state index >= 15 is 0 Å². The summed E-state index contributed by atoms with van der Waals surface area (Å²) in [7, 11) is 0. The molecule has 0 unspecified atom stereocenters. The summed E-state index contributed by atoms with van der Waals surface area (Å²) in [4.78, 5) is 28.4. The molecule has 6 rings (SSSR count). The number of ether oxygens (including phenoxy) is 1. The van der Waals surface area contributed by atoms with E-state index in [9.17, 15) is 14.0 Å². The third-order valence-corrected chi connectivity index (χ3v) is 7.87. The molecule has 4 aromatic carbocycles. The maximum Gasteiger partial charge on any atom is 0.407 e. The number of amides is 2. The van der Waals surface area contributed by atoms with Gasteiger partial charge in [-0.15, -0.1) is 0 Å². The smallest absolute Gasteiger partial charge is 0.407 e. The first-order chi connectivity index (χ1) is 20.1. The molecular formula is C35H31FN2O3. The predicted octanol–water partition coefficient (Wildman–Crippen LogP) is 7.15. The summed E-state index contributed by atoms with van der Waals surface area (Å²) in [5, 5.41) is 2.92. The van der Waals surface area contributed by atoms with Crippen LogP contribution >= 0.6 is 0 Å². The Balaban J connectivity index is 1.16. The molecule has 1 aliphatic heterocycles. The number of benzene rings is 4. The lowest BCUT2D eigenvalue weighted by Crippen LogP contribution is -2.43. The molecule has 0 fully saturated rings. The molecular weight excluding hydrogens is 515 g/mol. The summed E-state index contributed by atoms with van der Waals surface area (Å²) in [6, 6.07) is 31.6. The van der Waals surface area contributed by atoms with Crippen LogP contribution in [-0.4, -0.2) is 29.5 Å². The zero-order valence-corrected chi connectivity index (χ0v) is 22.6. The van der Waals surface area contributed by atoms with E-state index in [0.717, 1.165) is 16.7 Å². The van der Waals surface area contributed by atoms with Crippen molar-refractivity contribution in [1.82, 2.24) is 10.2 Å². The first-order valence-corrected chi connectivity index (χ1v) is 13.9. The fourth-order valence-corrected chi connectivity index (χ4v) is 5.91. The van der Waals surface area contributed by atoms with E-state index in [1.165, 1.54) is 23.3 Å². The Morgan fingerprint density at radius 3 is 2.27 bits per heavy atom. The molecule has 1 N–H and O–H groups in total. The Morgan fingerprint density at radius 1 is 0.878 bits per heavy atom. The third kappa shape index (κ3) is 5.78. The van der Waals surface area contributed by atoms with Crippen LogP contribution in [0.3, 0.4) is 0 Å². The van der Waals surface area contributed by atoms with Gasteiger partial charge in [0.1, 0.15) is 12.4 Å². The Kier molecular flexibility index (Phi) is 7.63. The number of hydrogen-bond donors (Lipinski definition) is 1. The van der Waals surface area contributed by atoms with E-state index in [-0.39, 0.29) is 30.7 Å². The Bertz CT molecular complexity index is 1540. The molecule has 6 heteroatoms. The van der Waals surface area contributed by atoms with Gasteiger partial charge in [-0.1, -0.05) is 103 Å². The van der Waals surface area contributed by atoms with Gasteiger partial charge in [-0.2, -0.15) is 0 Å². The van der Waals surface area contributed by atoms with Crippen molar-refractivity contribution in [3.05, 3.63) is 143 Å². The standard InChI is InChI=1S/C35H31FN2O3/c36-26-13-8-12-25(20-26)33-19-9-14-27(21-34(39)38(33)22-24-10-2-1-3-11-24)37-35(40)41-23-32-30-17-6-4-15-28(30)29-16-5-7-18-31(29)32/h1-13,15-20,27,32-33H,14,21-23H2,(H,37,40)/b19-9-/t27-,33+/m0/s1. The second kappa shape index (κ2) is 11.8. The lowest BCUT2D eigenvalue weighted by Gasteiger charge is -2.33. The monoisotopic (exact) mass is 546 g/mol. The number of fused-ring (bicyclic) bond motifs is 3. The highest BCUT2D eigenvalue weighted by molar-refractivity contribution is 5.80. The van der Waals surface area contributed by atoms with Gasteiger partial charge in [-0.3, -0.25) is 4.79 Å². The number of alkyl carbamates (subject to hydrolysis) is 1. The molecule has 1 aliphatic carbocycles. The molecule has 0 spiro atoms. The fraction of sp³-hybridized carbons (Fsp3) is 0.200. The number of nitrogens with one attached hydrogen (secondary N) is 1. The lowest BCUT2D eigenvalue weighted by molar-refractivity contribution is -0.134. The van der Waals surface area contributed by atoms with E-state index in [1.54, 1.807) is 11.0 Å². The van der Waals surface area contributed by atoms with Gasteiger partial charge in [0.15, 0.2) is 0 Å². The van der Waals surface area contributed by atoms with Gasteiger partial charge >= 0.3 is 6.09 Å². The number of carbonyl (C=O) groups excluding carboxylic acids is 2. The van der Waals surface area contributed by atoms with E-state index in [0.29, 0.717) is 18.5 Å². The summed E-state index contributed by atoms with van der Waals surface area (Å²) in [5.74, 6) is -0.517. The molecule has 2 aliphatic rings. The number of rotatable bonds is 6. The van der Waals surface area contributed by atoms with Crippen LogP contribution in [0.15, 0.2) is 115 Å². The van der Waals surface area contributed by atoms with Gasteiger partial charge in [-0.05, 0) is 51.9 Å². The maximum atomic E-state index is 14.1. The van der Waals surface area contributed by atoms with Crippen LogP contribution in [0.1, 0.15) is 47.1 Å². The van der Waals surface area contributed by atoms with E-state index in [1.807, 2.05) is 72.8 Å². The van der Waals surface area contributed by atoms with E-state index in [2.05, 4.69) is 29.6 Å². The molecule has 0 saturated heterocycles. The molecule has 4 aromatic rings. The molecule has 0 bridgehead atoms. The van der Waals surface area contributed by atoms with Crippen LogP contribution in [0.2, 0.25) is 0 Å². The molecule has 0 saturated carbocycles. The summed E-state index contributed by atoms with van der Waals surface area (Å²) in [5.41, 5.74) is 6.29. The Labute approximate surface area is 239 Å². The minimum absolute atomic E-state index is 0.0413. The quantitative estimate of drug-likeness (QED) is 0.261. The van der Waals surface area contributed by atoms with Gasteiger partial charge in [0.2, 0.25) is 5.91 Å². The SMILES string of the molecule is O=C(N[C@H]1C/C=C\[C@H](c2cccc(F)c2)N(Cc2ccccc2)C(=O)C1)OCC1c2ccccc2-c2ccccc21. The van der Waals surface area contributed by atoms with E-state index in [4.69, 9.17) is 4.74 Å². The number of nitrogens with zero attached hydrogens (tertiary/aromatic N) is 1. The lowest BCUT2D eigenvalue weighted by atomic mass is 9.98. The largest absolute Gasteiger partial charge is 0.449 e. The van der Waals surface area contributed by atoms with Crippen LogP contribution in [0, 0.1) is 5.82 Å². The first kappa shape index (κ1) is 26.5. The van der Waals surface area contributed by atoms with Crippen molar-refractivity contribution >= 4 is 12.0 Å². The Hall–Kier alpha value is -4.71. The minimum atomic E-state index is -0.546. The van der Waals surface area contributed by atoms with Crippen LogP contribution in [0.4, 0.5) is 9.18 Å². The normalized spacial score (nSPS) is 19.0. The molecule has 2 atom stereocenters. The van der Waals surface area contributed by atoms with Gasteiger partial charge in [0.05, 0.1) is 6.04 Å². The highest BCUT2D eigenvalue weighted by Gasteiger charge is 2.31. The summed E-state index contributed by atoms with van der Waals surface area (Å²) in [6.07, 6.45) is 3.89. The van der Waals surface area contributed by atoms with Crippen molar-refractivity contribution < 1.29 is 18.7 Å². The maximum absolute atomic E-state index is 14.1. The van der Waals surface area contributed by atoms with Gasteiger partial charge in [0.25, 0.3) is 0 Å². The van der Waals surface area contributed by atoms with Crippen LogP contribution in [0.25, 0.3) is 11.1 Å². The summed E-state index contributed by atoms with van der Waals surface area (Å²) >= 11 is 0. The van der Waals surface area contributed by atoms with Crippen molar-refractivity contribution in [2.45, 2.75) is 37.4 Å². The zero-order valence-electron chi connectivity index (χ0n) is 22.6. The van der Waals surface area contributed by atoms with Crippen molar-refractivity contribution in [1.29, 1.82) is 0 Å². The first-order valence-electron chi connectivity index (χ1n) is 13.9. The highest BCUT2D eigenvalue weighted by atomic mass is 19.1. The Morgan fingerprint density at radius 2 is 1.56 bits per heavy atom. The van der Waals surface area contributed by atoms with Gasteiger partial charge < -0.3 is 15.0 Å².